The molecule has 3 heteroatoms. The Morgan fingerprint density at radius 3 is 2.76 bits per heavy atom. The van der Waals surface area contributed by atoms with E-state index in [4.69, 9.17) is 0 Å². The van der Waals surface area contributed by atoms with E-state index in [1.807, 2.05) is 67.6 Å². The average Bonchev–Trinajstić information content (AvgIpc) is 2.52. The van der Waals surface area contributed by atoms with Crippen molar-refractivity contribution in [3.63, 3.8) is 0 Å². The van der Waals surface area contributed by atoms with Gasteiger partial charge < -0.3 is 5.32 Å². The monoisotopic (exact) mass is 276 g/mol. The van der Waals surface area contributed by atoms with Crippen molar-refractivity contribution in [2.45, 2.75) is 13.5 Å². The minimum atomic E-state index is -0.0753. The zero-order chi connectivity index (χ0) is 14.7. The molecule has 0 spiro atoms. The van der Waals surface area contributed by atoms with Crippen LogP contribution in [0.4, 0.5) is 0 Å². The standard InChI is InChI=1S/C18H16N2O/c1-13-5-4-7-15(11-13)18(21)19-12-16-10-9-14-6-2-3-8-17(14)20-16/h2-11H,12H2,1H3,(H,19,21). The predicted molar refractivity (Wildman–Crippen MR) is 84.1 cm³/mol. The number of hydrogen-bond donors (Lipinski definition) is 1. The molecule has 0 aliphatic rings. The molecule has 0 aliphatic carbocycles. The lowest BCUT2D eigenvalue weighted by molar-refractivity contribution is 0.0950. The van der Waals surface area contributed by atoms with Crippen molar-refractivity contribution in [1.82, 2.24) is 10.3 Å². The van der Waals surface area contributed by atoms with Crippen LogP contribution in [-0.4, -0.2) is 10.9 Å². The summed E-state index contributed by atoms with van der Waals surface area (Å²) in [6.07, 6.45) is 0. The topological polar surface area (TPSA) is 42.0 Å². The number of para-hydroxylation sites is 1. The van der Waals surface area contributed by atoms with Gasteiger partial charge >= 0.3 is 0 Å². The molecule has 0 saturated heterocycles. The third-order valence-corrected chi connectivity index (χ3v) is 3.37. The Labute approximate surface area is 123 Å². The van der Waals surface area contributed by atoms with Gasteiger partial charge in [-0.05, 0) is 31.2 Å². The molecule has 3 rings (SSSR count). The molecular formula is C18H16N2O. The number of hydrogen-bond acceptors (Lipinski definition) is 2. The number of benzene rings is 2. The molecule has 0 unspecified atom stereocenters. The van der Waals surface area contributed by atoms with Crippen molar-refractivity contribution >= 4 is 16.8 Å². The smallest absolute Gasteiger partial charge is 0.251 e. The molecule has 0 saturated carbocycles. The lowest BCUT2D eigenvalue weighted by Crippen LogP contribution is -2.23. The molecule has 2 aromatic carbocycles. The Hall–Kier alpha value is -2.68. The third-order valence-electron chi connectivity index (χ3n) is 3.37. The zero-order valence-electron chi connectivity index (χ0n) is 11.8. The van der Waals surface area contributed by atoms with Crippen molar-refractivity contribution in [2.75, 3.05) is 0 Å². The molecule has 1 aromatic heterocycles. The molecule has 104 valence electrons. The van der Waals surface area contributed by atoms with Gasteiger partial charge in [0.25, 0.3) is 5.91 Å². The van der Waals surface area contributed by atoms with Crippen LogP contribution in [0.2, 0.25) is 0 Å². The van der Waals surface area contributed by atoms with Crippen LogP contribution in [0.1, 0.15) is 21.6 Å². The molecule has 0 radical (unpaired) electrons. The second-order valence-corrected chi connectivity index (χ2v) is 5.05. The van der Waals surface area contributed by atoms with E-state index in [-0.39, 0.29) is 5.91 Å². The number of carbonyl (C=O) groups is 1. The summed E-state index contributed by atoms with van der Waals surface area (Å²) in [6.45, 7) is 2.40. The summed E-state index contributed by atoms with van der Waals surface area (Å²) in [5, 5.41) is 4.01. The summed E-state index contributed by atoms with van der Waals surface area (Å²) in [7, 11) is 0. The van der Waals surface area contributed by atoms with Gasteiger partial charge in [-0.1, -0.05) is 42.0 Å². The molecule has 1 N–H and O–H groups in total. The molecule has 1 heterocycles. The largest absolute Gasteiger partial charge is 0.346 e. The highest BCUT2D eigenvalue weighted by atomic mass is 16.1. The number of amides is 1. The summed E-state index contributed by atoms with van der Waals surface area (Å²) in [4.78, 5) is 16.6. The second kappa shape index (κ2) is 5.75. The first-order chi connectivity index (χ1) is 10.2. The maximum atomic E-state index is 12.1. The van der Waals surface area contributed by atoms with Gasteiger partial charge in [-0.3, -0.25) is 9.78 Å². The zero-order valence-corrected chi connectivity index (χ0v) is 11.8. The Bertz CT molecular complexity index is 796. The second-order valence-electron chi connectivity index (χ2n) is 5.05. The average molecular weight is 276 g/mol. The first kappa shape index (κ1) is 13.3. The van der Waals surface area contributed by atoms with Crippen LogP contribution in [0.5, 0.6) is 0 Å². The number of nitrogens with one attached hydrogen (secondary N) is 1. The molecule has 0 aliphatic heterocycles. The molecule has 0 atom stereocenters. The van der Waals surface area contributed by atoms with Gasteiger partial charge in [-0.15, -0.1) is 0 Å². The minimum Gasteiger partial charge on any atom is -0.346 e. The molecule has 21 heavy (non-hydrogen) atoms. The van der Waals surface area contributed by atoms with Crippen LogP contribution in [-0.2, 0) is 6.54 Å². The van der Waals surface area contributed by atoms with E-state index in [2.05, 4.69) is 10.3 Å². The summed E-state index contributed by atoms with van der Waals surface area (Å²) in [5.74, 6) is -0.0753. The molecule has 3 nitrogen and oxygen atoms in total. The Morgan fingerprint density at radius 2 is 1.90 bits per heavy atom. The summed E-state index contributed by atoms with van der Waals surface area (Å²) in [6, 6.07) is 19.5. The van der Waals surface area contributed by atoms with E-state index in [0.29, 0.717) is 12.1 Å². The van der Waals surface area contributed by atoms with Crippen LogP contribution in [0.15, 0.2) is 60.7 Å². The number of fused-ring (bicyclic) bond motifs is 1. The lowest BCUT2D eigenvalue weighted by Gasteiger charge is -2.06. The number of aromatic nitrogens is 1. The predicted octanol–water partition coefficient (Wildman–Crippen LogP) is 3.47. The molecule has 3 aromatic rings. The number of aryl methyl sites for hydroxylation is 1. The maximum absolute atomic E-state index is 12.1. The van der Waals surface area contributed by atoms with E-state index in [1.165, 1.54) is 0 Å². The highest BCUT2D eigenvalue weighted by molar-refractivity contribution is 5.94. The van der Waals surface area contributed by atoms with Gasteiger partial charge in [0.05, 0.1) is 17.8 Å². The van der Waals surface area contributed by atoms with Gasteiger partial charge in [-0.25, -0.2) is 0 Å². The number of rotatable bonds is 3. The van der Waals surface area contributed by atoms with Crippen LogP contribution in [0.3, 0.4) is 0 Å². The number of carbonyl (C=O) groups excluding carboxylic acids is 1. The van der Waals surface area contributed by atoms with E-state index in [9.17, 15) is 4.79 Å². The molecule has 0 fully saturated rings. The fourth-order valence-electron chi connectivity index (χ4n) is 2.27. The molecule has 1 amide bonds. The van der Waals surface area contributed by atoms with Crippen molar-refractivity contribution in [1.29, 1.82) is 0 Å². The summed E-state index contributed by atoms with van der Waals surface area (Å²) in [5.41, 5.74) is 3.55. The number of nitrogens with zero attached hydrogens (tertiary/aromatic N) is 1. The van der Waals surface area contributed by atoms with Gasteiger partial charge in [0, 0.05) is 10.9 Å². The normalized spacial score (nSPS) is 10.5. The molecular weight excluding hydrogens is 260 g/mol. The highest BCUT2D eigenvalue weighted by Crippen LogP contribution is 2.12. The van der Waals surface area contributed by atoms with Crippen LogP contribution in [0, 0.1) is 6.92 Å². The Kier molecular flexibility index (Phi) is 3.65. The van der Waals surface area contributed by atoms with Crippen LogP contribution >= 0.6 is 0 Å². The SMILES string of the molecule is Cc1cccc(C(=O)NCc2ccc3ccccc3n2)c1. The first-order valence-corrected chi connectivity index (χ1v) is 6.92. The first-order valence-electron chi connectivity index (χ1n) is 6.92. The van der Waals surface area contributed by atoms with E-state index in [0.717, 1.165) is 22.2 Å². The fraction of sp³-hybridized carbons (Fsp3) is 0.111. The number of pyridine rings is 1. The Morgan fingerprint density at radius 1 is 1.05 bits per heavy atom. The van der Waals surface area contributed by atoms with Gasteiger partial charge in [0.15, 0.2) is 0 Å². The van der Waals surface area contributed by atoms with Crippen molar-refractivity contribution in [3.05, 3.63) is 77.5 Å². The van der Waals surface area contributed by atoms with E-state index >= 15 is 0 Å². The van der Waals surface area contributed by atoms with Crippen molar-refractivity contribution < 1.29 is 4.79 Å². The fourth-order valence-corrected chi connectivity index (χ4v) is 2.27. The molecule has 0 bridgehead atoms. The third kappa shape index (κ3) is 3.08. The van der Waals surface area contributed by atoms with Gasteiger partial charge in [0.1, 0.15) is 0 Å². The van der Waals surface area contributed by atoms with E-state index in [1.54, 1.807) is 0 Å². The van der Waals surface area contributed by atoms with Crippen LogP contribution in [0.25, 0.3) is 10.9 Å². The quantitative estimate of drug-likeness (QED) is 0.796. The van der Waals surface area contributed by atoms with Gasteiger partial charge in [0.2, 0.25) is 0 Å². The van der Waals surface area contributed by atoms with Gasteiger partial charge in [-0.2, -0.15) is 0 Å². The van der Waals surface area contributed by atoms with E-state index < -0.39 is 0 Å². The summed E-state index contributed by atoms with van der Waals surface area (Å²) >= 11 is 0. The van der Waals surface area contributed by atoms with Crippen molar-refractivity contribution in [2.24, 2.45) is 0 Å². The maximum Gasteiger partial charge on any atom is 0.251 e. The highest BCUT2D eigenvalue weighted by Gasteiger charge is 2.05. The lowest BCUT2D eigenvalue weighted by atomic mass is 10.1. The van der Waals surface area contributed by atoms with Crippen molar-refractivity contribution in [3.8, 4) is 0 Å². The van der Waals surface area contributed by atoms with Crippen LogP contribution < -0.4 is 5.32 Å². The minimum absolute atomic E-state index is 0.0753. The summed E-state index contributed by atoms with van der Waals surface area (Å²) < 4.78 is 0. The Balaban J connectivity index is 1.72.